The summed E-state index contributed by atoms with van der Waals surface area (Å²) in [6, 6.07) is 19.1. The van der Waals surface area contributed by atoms with Crippen molar-refractivity contribution in [1.29, 1.82) is 0 Å². The van der Waals surface area contributed by atoms with Crippen LogP contribution in [-0.2, 0) is 11.2 Å². The second-order valence-corrected chi connectivity index (χ2v) is 9.48. The zero-order chi connectivity index (χ0) is 22.5. The highest BCUT2D eigenvalue weighted by molar-refractivity contribution is 9.10. The Bertz CT molecular complexity index is 1190. The van der Waals surface area contributed by atoms with Gasteiger partial charge in [0.05, 0.1) is 16.5 Å². The van der Waals surface area contributed by atoms with Crippen molar-refractivity contribution in [2.75, 3.05) is 6.54 Å². The molecule has 1 atom stereocenters. The highest BCUT2D eigenvalue weighted by Crippen LogP contribution is 2.31. The number of furan rings is 1. The van der Waals surface area contributed by atoms with E-state index in [-0.39, 0.29) is 11.2 Å². The summed E-state index contributed by atoms with van der Waals surface area (Å²) in [5, 5.41) is 9.35. The molecule has 3 aromatic rings. The predicted molar refractivity (Wildman–Crippen MR) is 135 cm³/mol. The Balaban J connectivity index is 1.49. The SMILES string of the molecule is C=CCN1C(=O)[C@@H](Cc2ccc(Br)cc2)S/C1=N\N=C/c1ccc(-c2ccccc2Cl)o1. The van der Waals surface area contributed by atoms with Gasteiger partial charge in [0.1, 0.15) is 11.5 Å². The number of rotatable bonds is 7. The van der Waals surface area contributed by atoms with Crippen LogP contribution in [0.5, 0.6) is 0 Å². The van der Waals surface area contributed by atoms with Gasteiger partial charge in [-0.3, -0.25) is 9.69 Å². The van der Waals surface area contributed by atoms with E-state index in [9.17, 15) is 4.79 Å². The number of amidine groups is 1. The topological polar surface area (TPSA) is 58.2 Å². The van der Waals surface area contributed by atoms with Gasteiger partial charge in [0.15, 0.2) is 5.17 Å². The van der Waals surface area contributed by atoms with E-state index in [1.165, 1.54) is 18.0 Å². The summed E-state index contributed by atoms with van der Waals surface area (Å²) in [4.78, 5) is 14.5. The van der Waals surface area contributed by atoms with Crippen molar-refractivity contribution in [3.8, 4) is 11.3 Å². The van der Waals surface area contributed by atoms with E-state index in [0.29, 0.717) is 34.7 Å². The van der Waals surface area contributed by atoms with Crippen molar-refractivity contribution in [2.45, 2.75) is 11.7 Å². The molecule has 1 fully saturated rings. The van der Waals surface area contributed by atoms with Gasteiger partial charge in [0.2, 0.25) is 5.91 Å². The highest BCUT2D eigenvalue weighted by atomic mass is 79.9. The molecule has 1 aliphatic rings. The lowest BCUT2D eigenvalue weighted by molar-refractivity contribution is -0.125. The number of carbonyl (C=O) groups excluding carboxylic acids is 1. The van der Waals surface area contributed by atoms with Crippen LogP contribution in [0.1, 0.15) is 11.3 Å². The molecule has 1 aromatic heterocycles. The number of amides is 1. The fourth-order valence-corrected chi connectivity index (χ4v) is 4.85. The summed E-state index contributed by atoms with van der Waals surface area (Å²) >= 11 is 11.1. The first-order chi connectivity index (χ1) is 15.5. The Kier molecular flexibility index (Phi) is 7.29. The average Bonchev–Trinajstić information content (AvgIpc) is 3.36. The molecule has 32 heavy (non-hydrogen) atoms. The largest absolute Gasteiger partial charge is 0.455 e. The van der Waals surface area contributed by atoms with Crippen LogP contribution in [0.15, 0.2) is 92.4 Å². The smallest absolute Gasteiger partial charge is 0.242 e. The van der Waals surface area contributed by atoms with E-state index < -0.39 is 0 Å². The molecular weight excluding hydrogens is 510 g/mol. The zero-order valence-corrected chi connectivity index (χ0v) is 20.1. The van der Waals surface area contributed by atoms with E-state index in [2.05, 4.69) is 32.7 Å². The fraction of sp³-hybridized carbons (Fsp3) is 0.125. The van der Waals surface area contributed by atoms with Crippen LogP contribution in [-0.4, -0.2) is 34.0 Å². The standard InChI is InChI=1S/C24H19BrClN3O2S/c1-2-13-29-23(30)22(14-16-7-9-17(25)10-8-16)32-24(29)28-27-15-18-11-12-21(31-18)19-5-3-4-6-20(19)26/h2-12,15,22H,1,13-14H2/b27-15-,28-24-/t22-/m1/s1. The molecule has 1 saturated heterocycles. The summed E-state index contributed by atoms with van der Waals surface area (Å²) in [5.41, 5.74) is 1.90. The monoisotopic (exact) mass is 527 g/mol. The normalized spacial score (nSPS) is 17.6. The first-order valence-electron chi connectivity index (χ1n) is 9.84. The van der Waals surface area contributed by atoms with Crippen LogP contribution in [0.4, 0.5) is 0 Å². The Morgan fingerprint density at radius 3 is 2.69 bits per heavy atom. The Morgan fingerprint density at radius 1 is 1.16 bits per heavy atom. The van der Waals surface area contributed by atoms with Gasteiger partial charge >= 0.3 is 0 Å². The number of halogens is 2. The number of carbonyl (C=O) groups is 1. The van der Waals surface area contributed by atoms with Gasteiger partial charge in [-0.25, -0.2) is 0 Å². The molecule has 2 heterocycles. The van der Waals surface area contributed by atoms with E-state index in [4.69, 9.17) is 16.0 Å². The summed E-state index contributed by atoms with van der Waals surface area (Å²) in [5.74, 6) is 1.20. The minimum Gasteiger partial charge on any atom is -0.455 e. The molecule has 0 radical (unpaired) electrons. The van der Waals surface area contributed by atoms with Gasteiger partial charge in [-0.05, 0) is 48.4 Å². The average molecular weight is 529 g/mol. The van der Waals surface area contributed by atoms with Crippen molar-refractivity contribution in [1.82, 2.24) is 4.90 Å². The quantitative estimate of drug-likeness (QED) is 0.202. The molecular formula is C24H19BrClN3O2S. The molecule has 8 heteroatoms. The van der Waals surface area contributed by atoms with Gasteiger partial charge in [0, 0.05) is 16.6 Å². The van der Waals surface area contributed by atoms with Crippen LogP contribution >= 0.6 is 39.3 Å². The predicted octanol–water partition coefficient (Wildman–Crippen LogP) is 6.43. The van der Waals surface area contributed by atoms with Crippen LogP contribution in [0.3, 0.4) is 0 Å². The molecule has 0 saturated carbocycles. The van der Waals surface area contributed by atoms with Crippen molar-refractivity contribution in [3.63, 3.8) is 0 Å². The third-order valence-corrected chi connectivity index (χ3v) is 6.78. The number of thioether (sulfide) groups is 1. The first-order valence-corrected chi connectivity index (χ1v) is 11.9. The van der Waals surface area contributed by atoms with Crippen LogP contribution in [0, 0.1) is 0 Å². The summed E-state index contributed by atoms with van der Waals surface area (Å²) in [6.07, 6.45) is 3.82. The lowest BCUT2D eigenvalue weighted by Crippen LogP contribution is -2.32. The summed E-state index contributed by atoms with van der Waals surface area (Å²) in [7, 11) is 0. The third-order valence-electron chi connectivity index (χ3n) is 4.76. The number of hydrogen-bond acceptors (Lipinski definition) is 5. The minimum atomic E-state index is -0.250. The zero-order valence-electron chi connectivity index (χ0n) is 16.9. The van der Waals surface area contributed by atoms with Crippen LogP contribution in [0.2, 0.25) is 5.02 Å². The Morgan fingerprint density at radius 2 is 1.94 bits per heavy atom. The number of nitrogens with zero attached hydrogens (tertiary/aromatic N) is 3. The maximum atomic E-state index is 12.9. The van der Waals surface area contributed by atoms with E-state index >= 15 is 0 Å². The van der Waals surface area contributed by atoms with Gasteiger partial charge in [-0.2, -0.15) is 5.10 Å². The second kappa shape index (κ2) is 10.3. The molecule has 5 nitrogen and oxygen atoms in total. The molecule has 0 unspecified atom stereocenters. The van der Waals surface area contributed by atoms with Crippen molar-refractivity contribution in [2.24, 2.45) is 10.2 Å². The molecule has 4 rings (SSSR count). The van der Waals surface area contributed by atoms with E-state index in [0.717, 1.165) is 15.6 Å². The molecule has 162 valence electrons. The molecule has 0 bridgehead atoms. The van der Waals surface area contributed by atoms with Crippen LogP contribution < -0.4 is 0 Å². The Labute approximate surface area is 204 Å². The molecule has 0 N–H and O–H groups in total. The van der Waals surface area contributed by atoms with E-state index in [1.54, 1.807) is 17.0 Å². The van der Waals surface area contributed by atoms with Gasteiger partial charge < -0.3 is 4.42 Å². The lowest BCUT2D eigenvalue weighted by Gasteiger charge is -2.12. The molecule has 0 aliphatic carbocycles. The van der Waals surface area contributed by atoms with Crippen molar-refractivity contribution < 1.29 is 9.21 Å². The molecule has 1 amide bonds. The third kappa shape index (κ3) is 5.23. The highest BCUT2D eigenvalue weighted by Gasteiger charge is 2.37. The van der Waals surface area contributed by atoms with Crippen LogP contribution in [0.25, 0.3) is 11.3 Å². The number of benzene rings is 2. The van der Waals surface area contributed by atoms with Gasteiger partial charge in [0.25, 0.3) is 0 Å². The van der Waals surface area contributed by atoms with Crippen molar-refractivity contribution in [3.05, 3.63) is 94.1 Å². The lowest BCUT2D eigenvalue weighted by atomic mass is 10.1. The molecule has 1 aliphatic heterocycles. The maximum Gasteiger partial charge on any atom is 0.242 e. The Hall–Kier alpha value is -2.61. The molecule has 0 spiro atoms. The van der Waals surface area contributed by atoms with E-state index in [1.807, 2.05) is 54.6 Å². The summed E-state index contributed by atoms with van der Waals surface area (Å²) in [6.45, 7) is 4.13. The number of hydrogen-bond donors (Lipinski definition) is 0. The fourth-order valence-electron chi connectivity index (χ4n) is 3.21. The van der Waals surface area contributed by atoms with Gasteiger partial charge in [-0.15, -0.1) is 11.7 Å². The minimum absolute atomic E-state index is 0.00535. The van der Waals surface area contributed by atoms with Crippen molar-refractivity contribution >= 4 is 56.6 Å². The summed E-state index contributed by atoms with van der Waals surface area (Å²) < 4.78 is 6.82. The maximum absolute atomic E-state index is 12.9. The molecule has 2 aromatic carbocycles. The first kappa shape index (κ1) is 22.6. The van der Waals surface area contributed by atoms with Gasteiger partial charge in [-0.1, -0.05) is 69.6 Å². The second-order valence-electron chi connectivity index (χ2n) is 6.98.